The average molecular weight is 545 g/mol. The molecule has 0 amide bonds. The van der Waals surface area contributed by atoms with Crippen LogP contribution in [0.2, 0.25) is 0 Å². The van der Waals surface area contributed by atoms with E-state index < -0.39 is 23.2 Å². The van der Waals surface area contributed by atoms with Crippen molar-refractivity contribution in [3.8, 4) is 22.5 Å². The number of aliphatic hydroxyl groups excluding tert-OH is 2. The topological polar surface area (TPSA) is 117 Å². The summed E-state index contributed by atoms with van der Waals surface area (Å²) in [7, 11) is 0. The molecular formula is C30H30F2N6O2. The van der Waals surface area contributed by atoms with Gasteiger partial charge in [-0.25, -0.2) is 18.7 Å². The molecule has 2 bridgehead atoms. The molecule has 0 radical (unpaired) electrons. The van der Waals surface area contributed by atoms with E-state index in [2.05, 4.69) is 39.3 Å². The van der Waals surface area contributed by atoms with Gasteiger partial charge in [-0.3, -0.25) is 4.98 Å². The van der Waals surface area contributed by atoms with Crippen LogP contribution in [0.3, 0.4) is 0 Å². The number of nitrogens with one attached hydrogen (secondary N) is 1. The summed E-state index contributed by atoms with van der Waals surface area (Å²) in [6.07, 6.45) is 5.06. The number of hydrogen-bond donors (Lipinski definition) is 3. The number of halogens is 2. The van der Waals surface area contributed by atoms with E-state index in [9.17, 15) is 13.9 Å². The molecule has 206 valence electrons. The lowest BCUT2D eigenvalue weighted by atomic mass is 9.47. The molecule has 0 aliphatic heterocycles. The minimum absolute atomic E-state index is 0.133. The van der Waals surface area contributed by atoms with Crippen LogP contribution in [0, 0.1) is 17.0 Å². The van der Waals surface area contributed by atoms with Gasteiger partial charge < -0.3 is 15.5 Å². The molecular weight excluding hydrogens is 514 g/mol. The third-order valence-electron chi connectivity index (χ3n) is 8.51. The Kier molecular flexibility index (Phi) is 6.54. The Balaban J connectivity index is 1.40. The number of hydrogen-bond acceptors (Lipinski definition) is 8. The molecule has 3 aliphatic carbocycles. The number of benzene rings is 1. The molecule has 1 saturated carbocycles. The highest BCUT2D eigenvalue weighted by atomic mass is 19.1. The van der Waals surface area contributed by atoms with Crippen molar-refractivity contribution < 1.29 is 19.0 Å². The van der Waals surface area contributed by atoms with Gasteiger partial charge in [-0.15, -0.1) is 5.10 Å². The maximum absolute atomic E-state index is 14.6. The van der Waals surface area contributed by atoms with Gasteiger partial charge in [0.25, 0.3) is 0 Å². The Morgan fingerprint density at radius 3 is 2.45 bits per heavy atom. The van der Waals surface area contributed by atoms with E-state index in [0.29, 0.717) is 11.6 Å². The van der Waals surface area contributed by atoms with Crippen molar-refractivity contribution in [2.24, 2.45) is 5.41 Å². The number of aliphatic hydroxyl groups is 2. The van der Waals surface area contributed by atoms with E-state index in [1.165, 1.54) is 18.2 Å². The Hall–Kier alpha value is -3.89. The van der Waals surface area contributed by atoms with Gasteiger partial charge in [0.15, 0.2) is 0 Å². The lowest BCUT2D eigenvalue weighted by molar-refractivity contribution is 0.0812. The fraction of sp³-hybridized carbons (Fsp3) is 0.367. The second-order valence-corrected chi connectivity index (χ2v) is 11.3. The van der Waals surface area contributed by atoms with Crippen molar-refractivity contribution >= 4 is 5.95 Å². The lowest BCUT2D eigenvalue weighted by Gasteiger charge is -2.56. The van der Waals surface area contributed by atoms with E-state index in [1.807, 2.05) is 24.3 Å². The van der Waals surface area contributed by atoms with Crippen LogP contribution >= 0.6 is 0 Å². The van der Waals surface area contributed by atoms with Crippen LogP contribution in [-0.4, -0.2) is 54.6 Å². The third kappa shape index (κ3) is 4.22. The van der Waals surface area contributed by atoms with Crippen LogP contribution in [0.25, 0.3) is 22.5 Å². The minimum atomic E-state index is -0.900. The first kappa shape index (κ1) is 26.3. The molecule has 10 heteroatoms. The van der Waals surface area contributed by atoms with Crippen LogP contribution in [0.4, 0.5) is 14.7 Å². The number of anilines is 1. The largest absolute Gasteiger partial charge is 0.394 e. The predicted octanol–water partition coefficient (Wildman–Crippen LogP) is 4.63. The van der Waals surface area contributed by atoms with Gasteiger partial charge in [-0.05, 0) is 66.5 Å². The first-order chi connectivity index (χ1) is 19.2. The maximum atomic E-state index is 14.6. The zero-order valence-electron chi connectivity index (χ0n) is 22.3. The van der Waals surface area contributed by atoms with E-state index >= 15 is 0 Å². The SMILES string of the molecule is CC1(C)C[C@H]2CC[C@]1(c1cccc(-c3cnc(NCC(O)CO)nc3)n1)c1nnc(-c3c(F)cccc3F)cc12. The zero-order chi connectivity index (χ0) is 28.1. The number of pyridine rings is 1. The van der Waals surface area contributed by atoms with Gasteiger partial charge in [0.2, 0.25) is 5.95 Å². The zero-order valence-corrected chi connectivity index (χ0v) is 22.3. The fourth-order valence-corrected chi connectivity index (χ4v) is 6.49. The van der Waals surface area contributed by atoms with Crippen molar-refractivity contribution in [1.82, 2.24) is 25.1 Å². The van der Waals surface area contributed by atoms with Gasteiger partial charge in [0.05, 0.1) is 46.5 Å². The number of aromatic nitrogens is 5. The van der Waals surface area contributed by atoms with Gasteiger partial charge in [0.1, 0.15) is 11.6 Å². The van der Waals surface area contributed by atoms with E-state index in [4.69, 9.17) is 10.1 Å². The summed E-state index contributed by atoms with van der Waals surface area (Å²) in [6.45, 7) is 4.24. The molecule has 1 unspecified atom stereocenters. The standard InChI is InChI=1S/C30H30F2N6O2/c1-29(2)12-17-9-10-30(29,27-20(17)11-24(37-38-27)26-21(31)5-3-6-22(26)32)25-8-4-7-23(36-25)18-13-33-28(34-14-18)35-15-19(40)16-39/h3-8,11,13-14,17,19,39-40H,9-10,12,15-16H2,1-2H3,(H,33,34,35)/t17-,19?,30+/m1/s1. The Morgan fingerprint density at radius 2 is 1.75 bits per heavy atom. The fourth-order valence-electron chi connectivity index (χ4n) is 6.49. The molecule has 7 rings (SSSR count). The molecule has 1 fully saturated rings. The van der Waals surface area contributed by atoms with Crippen molar-refractivity contribution in [2.75, 3.05) is 18.5 Å². The minimum Gasteiger partial charge on any atom is -0.394 e. The van der Waals surface area contributed by atoms with Gasteiger partial charge in [-0.2, -0.15) is 5.10 Å². The molecule has 3 aliphatic rings. The van der Waals surface area contributed by atoms with Crippen molar-refractivity contribution in [2.45, 2.75) is 50.5 Å². The molecule has 1 aromatic carbocycles. The average Bonchev–Trinajstić information content (AvgIpc) is 2.96. The molecule has 3 aromatic heterocycles. The van der Waals surface area contributed by atoms with Gasteiger partial charge >= 0.3 is 0 Å². The number of fused-ring (bicyclic) bond motifs is 2. The highest BCUT2D eigenvalue weighted by molar-refractivity contribution is 5.63. The van der Waals surface area contributed by atoms with Crippen LogP contribution in [0.1, 0.15) is 56.0 Å². The third-order valence-corrected chi connectivity index (χ3v) is 8.51. The lowest BCUT2D eigenvalue weighted by Crippen LogP contribution is -2.53. The summed E-state index contributed by atoms with van der Waals surface area (Å²) in [5.41, 5.74) is 3.42. The second-order valence-electron chi connectivity index (χ2n) is 11.3. The molecule has 8 nitrogen and oxygen atoms in total. The van der Waals surface area contributed by atoms with Gasteiger partial charge in [-0.1, -0.05) is 26.0 Å². The van der Waals surface area contributed by atoms with Crippen LogP contribution < -0.4 is 5.32 Å². The van der Waals surface area contributed by atoms with Crippen molar-refractivity contribution in [3.63, 3.8) is 0 Å². The molecule has 0 spiro atoms. The van der Waals surface area contributed by atoms with E-state index in [-0.39, 0.29) is 35.7 Å². The van der Waals surface area contributed by atoms with Gasteiger partial charge in [0, 0.05) is 24.5 Å². The number of rotatable bonds is 7. The second kappa shape index (κ2) is 9.94. The monoisotopic (exact) mass is 544 g/mol. The van der Waals surface area contributed by atoms with Crippen molar-refractivity contribution in [1.29, 1.82) is 0 Å². The Morgan fingerprint density at radius 1 is 1.02 bits per heavy atom. The molecule has 4 aromatic rings. The maximum Gasteiger partial charge on any atom is 0.222 e. The first-order valence-corrected chi connectivity index (χ1v) is 13.4. The van der Waals surface area contributed by atoms with E-state index in [0.717, 1.165) is 41.8 Å². The molecule has 3 heterocycles. The number of nitrogens with zero attached hydrogens (tertiary/aromatic N) is 5. The van der Waals surface area contributed by atoms with Crippen molar-refractivity contribution in [3.05, 3.63) is 83.4 Å². The molecule has 3 atom stereocenters. The highest BCUT2D eigenvalue weighted by Crippen LogP contribution is 2.64. The normalized spacial score (nSPS) is 21.6. The predicted molar refractivity (Wildman–Crippen MR) is 145 cm³/mol. The quantitative estimate of drug-likeness (QED) is 0.308. The summed E-state index contributed by atoms with van der Waals surface area (Å²) >= 11 is 0. The molecule has 3 N–H and O–H groups in total. The summed E-state index contributed by atoms with van der Waals surface area (Å²) in [4.78, 5) is 13.7. The van der Waals surface area contributed by atoms with E-state index in [1.54, 1.807) is 12.4 Å². The molecule has 40 heavy (non-hydrogen) atoms. The summed E-state index contributed by atoms with van der Waals surface area (Å²) in [6, 6.07) is 11.5. The smallest absolute Gasteiger partial charge is 0.222 e. The summed E-state index contributed by atoms with van der Waals surface area (Å²) in [5.74, 6) is -0.763. The summed E-state index contributed by atoms with van der Waals surface area (Å²) in [5, 5.41) is 30.4. The highest BCUT2D eigenvalue weighted by Gasteiger charge is 2.59. The Bertz CT molecular complexity index is 1540. The summed E-state index contributed by atoms with van der Waals surface area (Å²) < 4.78 is 29.2. The first-order valence-electron chi connectivity index (χ1n) is 13.4. The van der Waals surface area contributed by atoms with Crippen LogP contribution in [0.5, 0.6) is 0 Å². The Labute approximate surface area is 230 Å². The van der Waals surface area contributed by atoms with Crippen LogP contribution in [0.15, 0.2) is 54.9 Å². The molecule has 0 saturated heterocycles. The van der Waals surface area contributed by atoms with Crippen LogP contribution in [-0.2, 0) is 5.41 Å².